The first-order valence-corrected chi connectivity index (χ1v) is 12.1. The zero-order valence-electron chi connectivity index (χ0n) is 18.1. The van der Waals surface area contributed by atoms with E-state index < -0.39 is 0 Å². The number of carbonyl (C=O) groups excluding carboxylic acids is 1. The minimum Gasteiger partial charge on any atom is -0.481 e. The number of rotatable bonds is 9. The van der Waals surface area contributed by atoms with Crippen molar-refractivity contribution in [3.05, 3.63) is 46.2 Å². The Morgan fingerprint density at radius 3 is 2.65 bits per heavy atom. The maximum Gasteiger partial charge on any atom is 0.239 e. The predicted octanol–water partition coefficient (Wildman–Crippen LogP) is 5.61. The van der Waals surface area contributed by atoms with Gasteiger partial charge in [0.05, 0.1) is 16.0 Å². The number of hydrogen-bond donors (Lipinski definition) is 1. The van der Waals surface area contributed by atoms with Gasteiger partial charge in [-0.25, -0.2) is 4.98 Å². The van der Waals surface area contributed by atoms with E-state index in [2.05, 4.69) is 34.3 Å². The van der Waals surface area contributed by atoms with Crippen LogP contribution in [0.1, 0.15) is 45.3 Å². The van der Waals surface area contributed by atoms with Gasteiger partial charge < -0.3 is 14.6 Å². The molecule has 2 unspecified atom stereocenters. The summed E-state index contributed by atoms with van der Waals surface area (Å²) in [6, 6.07) is 7.34. The normalized spacial score (nSPS) is 13.3. The predicted molar refractivity (Wildman–Crippen MR) is 126 cm³/mol. The Bertz CT molecular complexity index is 1040. The van der Waals surface area contributed by atoms with Gasteiger partial charge in [-0.05, 0) is 38.8 Å². The van der Waals surface area contributed by atoms with Gasteiger partial charge in [-0.1, -0.05) is 49.3 Å². The van der Waals surface area contributed by atoms with E-state index in [0.29, 0.717) is 39.3 Å². The molecule has 0 radical (unpaired) electrons. The molecule has 3 aromatic rings. The van der Waals surface area contributed by atoms with Gasteiger partial charge >= 0.3 is 0 Å². The van der Waals surface area contributed by atoms with Gasteiger partial charge in [0.15, 0.2) is 22.2 Å². The van der Waals surface area contributed by atoms with E-state index in [-0.39, 0.29) is 17.3 Å². The molecular weight excluding hydrogens is 454 g/mol. The summed E-state index contributed by atoms with van der Waals surface area (Å²) in [6.07, 6.45) is -0.358. The van der Waals surface area contributed by atoms with Gasteiger partial charge in [0.25, 0.3) is 0 Å². The summed E-state index contributed by atoms with van der Waals surface area (Å²) in [5.41, 5.74) is 0.884. The summed E-state index contributed by atoms with van der Waals surface area (Å²) in [6.45, 7) is 10.6. The number of nitrogens with one attached hydrogen (secondary N) is 1. The molecule has 0 aliphatic carbocycles. The number of ether oxygens (including phenoxy) is 1. The van der Waals surface area contributed by atoms with Crippen LogP contribution in [-0.2, 0) is 11.3 Å². The van der Waals surface area contributed by atoms with E-state index in [1.807, 2.05) is 48.9 Å². The fourth-order valence-electron chi connectivity index (χ4n) is 2.84. The van der Waals surface area contributed by atoms with E-state index in [0.717, 1.165) is 5.69 Å². The molecule has 31 heavy (non-hydrogen) atoms. The highest BCUT2D eigenvalue weighted by atomic mass is 35.5. The molecule has 2 atom stereocenters. The molecule has 0 bridgehead atoms. The Morgan fingerprint density at radius 2 is 2.00 bits per heavy atom. The van der Waals surface area contributed by atoms with Gasteiger partial charge in [0.1, 0.15) is 5.75 Å². The molecule has 1 amide bonds. The van der Waals surface area contributed by atoms with Crippen LogP contribution in [0.25, 0.3) is 0 Å². The molecule has 2 aromatic heterocycles. The van der Waals surface area contributed by atoms with Gasteiger partial charge in [-0.2, -0.15) is 0 Å². The Morgan fingerprint density at radius 1 is 1.26 bits per heavy atom. The molecule has 10 heteroatoms. The summed E-state index contributed by atoms with van der Waals surface area (Å²) in [5, 5.41) is 14.9. The molecule has 7 nitrogen and oxygen atoms in total. The minimum atomic E-state index is -0.369. The molecule has 3 rings (SSSR count). The highest BCUT2D eigenvalue weighted by molar-refractivity contribution is 8.00. The lowest BCUT2D eigenvalue weighted by Crippen LogP contribution is -2.23. The lowest BCUT2D eigenvalue weighted by molar-refractivity contribution is -0.115. The second-order valence-corrected chi connectivity index (χ2v) is 10.2. The average molecular weight is 480 g/mol. The lowest BCUT2D eigenvalue weighted by atomic mass is 10.2. The first-order valence-electron chi connectivity index (χ1n) is 9.98. The van der Waals surface area contributed by atoms with Crippen LogP contribution < -0.4 is 10.1 Å². The molecule has 2 heterocycles. The molecule has 166 valence electrons. The third-order valence-electron chi connectivity index (χ3n) is 4.30. The van der Waals surface area contributed by atoms with Crippen LogP contribution >= 0.6 is 34.7 Å². The van der Waals surface area contributed by atoms with Crippen molar-refractivity contribution in [3.63, 3.8) is 0 Å². The number of aromatic nitrogens is 4. The van der Waals surface area contributed by atoms with Crippen molar-refractivity contribution in [2.75, 3.05) is 5.32 Å². The molecule has 0 saturated heterocycles. The second kappa shape index (κ2) is 10.5. The van der Waals surface area contributed by atoms with Crippen LogP contribution in [0.5, 0.6) is 5.75 Å². The second-order valence-electron chi connectivity index (χ2n) is 7.58. The van der Waals surface area contributed by atoms with Crippen LogP contribution in [0.2, 0.25) is 5.02 Å². The van der Waals surface area contributed by atoms with Crippen molar-refractivity contribution < 1.29 is 9.53 Å². The van der Waals surface area contributed by atoms with Crippen molar-refractivity contribution >= 4 is 45.7 Å². The Kier molecular flexibility index (Phi) is 7.96. The van der Waals surface area contributed by atoms with Crippen LogP contribution in [0.3, 0.4) is 0 Å². The number of para-hydroxylation sites is 1. The molecule has 0 fully saturated rings. The van der Waals surface area contributed by atoms with Crippen molar-refractivity contribution in [2.24, 2.45) is 5.92 Å². The largest absolute Gasteiger partial charge is 0.481 e. The number of anilines is 1. The molecule has 0 saturated carbocycles. The third kappa shape index (κ3) is 6.21. The standard InChI is InChI=1S/C21H26ClN5O2S2/c1-12(2)10-27-18(14(4)29-17-9-7-6-8-16(17)22)25-26-21(27)31-15(5)19(28)24-20-23-13(3)11-30-20/h6-9,11-12,14-15H,10H2,1-5H3,(H,23,24,28). The SMILES string of the molecule is Cc1csc(NC(=O)C(C)Sc2nnc(C(C)Oc3ccccc3Cl)n2CC(C)C)n1. The lowest BCUT2D eigenvalue weighted by Gasteiger charge is -2.19. The van der Waals surface area contributed by atoms with E-state index in [9.17, 15) is 4.79 Å². The van der Waals surface area contributed by atoms with Crippen LogP contribution in [0.4, 0.5) is 5.13 Å². The quantitative estimate of drug-likeness (QED) is 0.401. The van der Waals surface area contributed by atoms with E-state index in [1.165, 1.54) is 23.1 Å². The Hall–Kier alpha value is -2.10. The van der Waals surface area contributed by atoms with Crippen molar-refractivity contribution in [3.8, 4) is 5.75 Å². The topological polar surface area (TPSA) is 81.9 Å². The number of hydrogen-bond acceptors (Lipinski definition) is 7. The first-order chi connectivity index (χ1) is 14.7. The zero-order valence-corrected chi connectivity index (χ0v) is 20.5. The highest BCUT2D eigenvalue weighted by Gasteiger charge is 2.24. The summed E-state index contributed by atoms with van der Waals surface area (Å²) >= 11 is 9.01. The zero-order chi connectivity index (χ0) is 22.5. The van der Waals surface area contributed by atoms with E-state index >= 15 is 0 Å². The average Bonchev–Trinajstić information content (AvgIpc) is 3.29. The first kappa shape index (κ1) is 23.6. The van der Waals surface area contributed by atoms with Crippen LogP contribution in [-0.4, -0.2) is 30.9 Å². The number of aryl methyl sites for hydroxylation is 1. The summed E-state index contributed by atoms with van der Waals surface area (Å²) in [5.74, 6) is 1.53. The highest BCUT2D eigenvalue weighted by Crippen LogP contribution is 2.31. The van der Waals surface area contributed by atoms with Crippen LogP contribution in [0, 0.1) is 12.8 Å². The molecule has 0 aliphatic heterocycles. The van der Waals surface area contributed by atoms with E-state index in [1.54, 1.807) is 6.07 Å². The number of nitrogens with zero attached hydrogens (tertiary/aromatic N) is 4. The van der Waals surface area contributed by atoms with Crippen LogP contribution in [0.15, 0.2) is 34.8 Å². The molecule has 0 spiro atoms. The van der Waals surface area contributed by atoms with Crippen molar-refractivity contribution in [1.82, 2.24) is 19.7 Å². The van der Waals surface area contributed by atoms with Gasteiger partial charge in [-0.15, -0.1) is 21.5 Å². The van der Waals surface area contributed by atoms with E-state index in [4.69, 9.17) is 16.3 Å². The number of carbonyl (C=O) groups is 1. The minimum absolute atomic E-state index is 0.125. The third-order valence-corrected chi connectivity index (χ3v) is 6.57. The van der Waals surface area contributed by atoms with Crippen molar-refractivity contribution in [1.29, 1.82) is 0 Å². The fourth-order valence-corrected chi connectivity index (χ4v) is 4.58. The molecule has 1 aromatic carbocycles. The maximum absolute atomic E-state index is 12.6. The smallest absolute Gasteiger partial charge is 0.239 e. The molecule has 0 aliphatic rings. The molecule has 1 N–H and O–H groups in total. The van der Waals surface area contributed by atoms with Gasteiger partial charge in [0.2, 0.25) is 5.91 Å². The molecular formula is C21H26ClN5O2S2. The number of thioether (sulfide) groups is 1. The Labute approximate surface area is 195 Å². The number of halogens is 1. The van der Waals surface area contributed by atoms with Gasteiger partial charge in [0, 0.05) is 11.9 Å². The summed E-state index contributed by atoms with van der Waals surface area (Å²) in [7, 11) is 0. The summed E-state index contributed by atoms with van der Waals surface area (Å²) < 4.78 is 8.07. The maximum atomic E-state index is 12.6. The number of benzene rings is 1. The van der Waals surface area contributed by atoms with Gasteiger partial charge in [-0.3, -0.25) is 4.79 Å². The number of thiazole rings is 1. The Balaban J connectivity index is 1.76. The summed E-state index contributed by atoms with van der Waals surface area (Å²) in [4.78, 5) is 16.9. The number of amides is 1. The van der Waals surface area contributed by atoms with Crippen molar-refractivity contribution in [2.45, 2.75) is 57.7 Å². The fraction of sp³-hybridized carbons (Fsp3) is 0.429. The monoisotopic (exact) mass is 479 g/mol.